The number of halogens is 9. The Morgan fingerprint density at radius 2 is 1.57 bits per heavy atom. The molecule has 0 spiro atoms. The van der Waals surface area contributed by atoms with E-state index in [9.17, 15) is 39.9 Å². The van der Waals surface area contributed by atoms with Crippen LogP contribution in [0, 0.1) is 11.6 Å². The predicted octanol–water partition coefficient (Wildman–Crippen LogP) is 7.98. The Labute approximate surface area is 238 Å². The van der Waals surface area contributed by atoms with Crippen LogP contribution in [0.25, 0.3) is 0 Å². The van der Waals surface area contributed by atoms with Crippen molar-refractivity contribution in [2.45, 2.75) is 24.3 Å². The predicted molar refractivity (Wildman–Crippen MR) is 137 cm³/mol. The number of carbonyl (C=O) groups is 1. The summed E-state index contributed by atoms with van der Waals surface area (Å²) in [4.78, 5) is 17.8. The Morgan fingerprint density at radius 1 is 0.881 bits per heavy atom. The van der Waals surface area contributed by atoms with Crippen molar-refractivity contribution in [1.82, 2.24) is 10.3 Å². The minimum Gasteiger partial charge on any atom is -0.496 e. The van der Waals surface area contributed by atoms with Crippen LogP contribution in [0.3, 0.4) is 0 Å². The van der Waals surface area contributed by atoms with Crippen molar-refractivity contribution in [3.8, 4) is 5.75 Å². The van der Waals surface area contributed by atoms with Crippen molar-refractivity contribution < 1.29 is 44.7 Å². The fourth-order valence-corrected chi connectivity index (χ4v) is 4.55. The van der Waals surface area contributed by atoms with Crippen LogP contribution in [0.2, 0.25) is 5.02 Å². The number of aromatic nitrogens is 1. The standard InChI is InChI=1S/C29H19ClF8N2O2/c1-42-24-5-3-2-4-17(24)14-27(25-9-7-20(30)15-39-25,18-11-19(28(33,34)35)13-21(31)12-18)40-26(41)16-6-8-23(32)22(10-16)29(36,37)38/h2-13,15H,14H2,1H3,(H,40,41)/t27-/m1/s1. The van der Waals surface area contributed by atoms with Gasteiger partial charge in [-0.05, 0) is 65.7 Å². The molecule has 1 heterocycles. The first-order valence-corrected chi connectivity index (χ1v) is 12.3. The van der Waals surface area contributed by atoms with E-state index < -0.39 is 64.1 Å². The Bertz CT molecular complexity index is 1610. The summed E-state index contributed by atoms with van der Waals surface area (Å²) in [6.07, 6.45) is -9.45. The molecule has 4 aromatic rings. The van der Waals surface area contributed by atoms with Crippen LogP contribution in [-0.2, 0) is 24.3 Å². The quantitative estimate of drug-likeness (QED) is 0.215. The molecule has 4 nitrogen and oxygen atoms in total. The molecule has 0 radical (unpaired) electrons. The highest BCUT2D eigenvalue weighted by molar-refractivity contribution is 6.30. The largest absolute Gasteiger partial charge is 0.496 e. The van der Waals surface area contributed by atoms with Crippen molar-refractivity contribution in [2.24, 2.45) is 0 Å². The van der Waals surface area contributed by atoms with E-state index in [4.69, 9.17) is 16.3 Å². The SMILES string of the molecule is COc1ccccc1C[C@@](NC(=O)c1ccc(F)c(C(F)(F)F)c1)(c1cc(F)cc(C(F)(F)F)c1)c1ccc(Cl)cn1. The molecule has 1 N–H and O–H groups in total. The van der Waals surface area contributed by atoms with E-state index in [1.165, 1.54) is 31.4 Å². The number of pyridine rings is 1. The molecule has 0 unspecified atom stereocenters. The van der Waals surface area contributed by atoms with Gasteiger partial charge < -0.3 is 10.1 Å². The lowest BCUT2D eigenvalue weighted by atomic mass is 9.79. The van der Waals surface area contributed by atoms with Crippen LogP contribution in [0.15, 0.2) is 79.0 Å². The van der Waals surface area contributed by atoms with Crippen molar-refractivity contribution in [3.63, 3.8) is 0 Å². The van der Waals surface area contributed by atoms with Gasteiger partial charge in [-0.1, -0.05) is 29.8 Å². The molecular formula is C29H19ClF8N2O2. The molecule has 13 heteroatoms. The van der Waals surface area contributed by atoms with Crippen LogP contribution in [0.5, 0.6) is 5.75 Å². The van der Waals surface area contributed by atoms with Gasteiger partial charge in [-0.15, -0.1) is 0 Å². The number of benzene rings is 3. The number of ether oxygens (including phenoxy) is 1. The number of hydrogen-bond acceptors (Lipinski definition) is 3. The first-order chi connectivity index (χ1) is 19.6. The van der Waals surface area contributed by atoms with Gasteiger partial charge in [-0.2, -0.15) is 26.3 Å². The van der Waals surface area contributed by atoms with Crippen molar-refractivity contribution in [3.05, 3.63) is 129 Å². The van der Waals surface area contributed by atoms with E-state index in [-0.39, 0.29) is 28.6 Å². The number of alkyl halides is 6. The number of amides is 1. The highest BCUT2D eigenvalue weighted by Crippen LogP contribution is 2.40. The van der Waals surface area contributed by atoms with Crippen molar-refractivity contribution >= 4 is 17.5 Å². The van der Waals surface area contributed by atoms with Crippen LogP contribution in [0.1, 0.15) is 38.3 Å². The van der Waals surface area contributed by atoms with E-state index in [0.29, 0.717) is 17.7 Å². The average molecular weight is 615 g/mol. The summed E-state index contributed by atoms with van der Waals surface area (Å²) in [6.45, 7) is 0. The van der Waals surface area contributed by atoms with Gasteiger partial charge >= 0.3 is 12.4 Å². The smallest absolute Gasteiger partial charge is 0.419 e. The molecule has 0 aliphatic heterocycles. The molecule has 3 aromatic carbocycles. The van der Waals surface area contributed by atoms with E-state index in [0.717, 1.165) is 18.3 Å². The van der Waals surface area contributed by atoms with Crippen molar-refractivity contribution in [1.29, 1.82) is 0 Å². The Hall–Kier alpha value is -4.19. The lowest BCUT2D eigenvalue weighted by Gasteiger charge is -2.36. The second-order valence-electron chi connectivity index (χ2n) is 9.13. The van der Waals surface area contributed by atoms with Gasteiger partial charge in [-0.3, -0.25) is 9.78 Å². The second-order valence-corrected chi connectivity index (χ2v) is 9.56. The maximum atomic E-state index is 14.8. The van der Waals surface area contributed by atoms with Gasteiger partial charge in [0, 0.05) is 18.2 Å². The molecule has 0 fully saturated rings. The average Bonchev–Trinajstić information content (AvgIpc) is 2.92. The molecular weight excluding hydrogens is 596 g/mol. The number of hydrogen-bond donors (Lipinski definition) is 1. The molecule has 42 heavy (non-hydrogen) atoms. The number of nitrogens with zero attached hydrogens (tertiary/aromatic N) is 1. The summed E-state index contributed by atoms with van der Waals surface area (Å²) in [5.41, 5.74) is -6.22. The fourth-order valence-electron chi connectivity index (χ4n) is 4.43. The minimum absolute atomic E-state index is 0.111. The first kappa shape index (κ1) is 30.8. The number of methoxy groups -OCH3 is 1. The number of carbonyl (C=O) groups excluding carboxylic acids is 1. The number of rotatable bonds is 7. The van der Waals surface area contributed by atoms with Gasteiger partial charge in [0.25, 0.3) is 5.91 Å². The molecule has 0 bridgehead atoms. The summed E-state index contributed by atoms with van der Waals surface area (Å²) in [5.74, 6) is -3.96. The molecule has 4 rings (SSSR count). The molecule has 0 saturated carbocycles. The fraction of sp³-hybridized carbons (Fsp3) is 0.172. The summed E-state index contributed by atoms with van der Waals surface area (Å²) in [6, 6.07) is 11.9. The molecule has 1 aromatic heterocycles. The molecule has 0 saturated heterocycles. The van der Waals surface area contributed by atoms with Crippen LogP contribution >= 0.6 is 11.6 Å². The van der Waals surface area contributed by atoms with E-state index in [2.05, 4.69) is 10.3 Å². The van der Waals surface area contributed by atoms with Crippen molar-refractivity contribution in [2.75, 3.05) is 7.11 Å². The highest BCUT2D eigenvalue weighted by Gasteiger charge is 2.42. The molecule has 1 amide bonds. The van der Waals surface area contributed by atoms with Gasteiger partial charge in [0.1, 0.15) is 22.9 Å². The van der Waals surface area contributed by atoms with Gasteiger partial charge in [0.15, 0.2) is 0 Å². The van der Waals surface area contributed by atoms with E-state index in [1.807, 2.05) is 0 Å². The van der Waals surface area contributed by atoms with Crippen LogP contribution < -0.4 is 10.1 Å². The van der Waals surface area contributed by atoms with Crippen LogP contribution in [-0.4, -0.2) is 18.0 Å². The summed E-state index contributed by atoms with van der Waals surface area (Å²) in [7, 11) is 1.32. The first-order valence-electron chi connectivity index (χ1n) is 12.0. The number of para-hydroxylation sites is 1. The van der Waals surface area contributed by atoms with Gasteiger partial charge in [0.2, 0.25) is 0 Å². The normalized spacial score (nSPS) is 13.4. The Kier molecular flexibility index (Phi) is 8.49. The molecule has 220 valence electrons. The molecule has 0 aliphatic carbocycles. The molecule has 0 aliphatic rings. The zero-order valence-electron chi connectivity index (χ0n) is 21.4. The topological polar surface area (TPSA) is 51.2 Å². The monoisotopic (exact) mass is 614 g/mol. The van der Waals surface area contributed by atoms with Crippen LogP contribution in [0.4, 0.5) is 35.1 Å². The maximum absolute atomic E-state index is 14.8. The summed E-state index contributed by atoms with van der Waals surface area (Å²) in [5, 5.41) is 2.59. The Balaban J connectivity index is 2.02. The summed E-state index contributed by atoms with van der Waals surface area (Å²) < 4.78 is 116. The minimum atomic E-state index is -5.16. The zero-order valence-corrected chi connectivity index (χ0v) is 22.1. The van der Waals surface area contributed by atoms with E-state index >= 15 is 0 Å². The third-order valence-electron chi connectivity index (χ3n) is 6.39. The lowest BCUT2D eigenvalue weighted by molar-refractivity contribution is -0.140. The highest BCUT2D eigenvalue weighted by atomic mass is 35.5. The van der Waals surface area contributed by atoms with E-state index in [1.54, 1.807) is 12.1 Å². The third-order valence-corrected chi connectivity index (χ3v) is 6.62. The Morgan fingerprint density at radius 3 is 2.19 bits per heavy atom. The zero-order chi connectivity index (χ0) is 30.9. The van der Waals surface area contributed by atoms with Gasteiger partial charge in [-0.25, -0.2) is 8.78 Å². The van der Waals surface area contributed by atoms with Gasteiger partial charge in [0.05, 0.1) is 29.0 Å². The third kappa shape index (κ3) is 6.48. The number of nitrogens with one attached hydrogen (secondary N) is 1. The maximum Gasteiger partial charge on any atom is 0.419 e. The molecule has 1 atom stereocenters. The second kappa shape index (κ2) is 11.6. The lowest BCUT2D eigenvalue weighted by Crippen LogP contribution is -2.49. The summed E-state index contributed by atoms with van der Waals surface area (Å²) >= 11 is 5.98.